The minimum atomic E-state index is -0.868. The first kappa shape index (κ1) is 12.1. The van der Waals surface area contributed by atoms with Crippen molar-refractivity contribution in [3.8, 4) is 0 Å². The van der Waals surface area contributed by atoms with Gasteiger partial charge >= 0.3 is 0 Å². The summed E-state index contributed by atoms with van der Waals surface area (Å²) in [7, 11) is 0. The summed E-state index contributed by atoms with van der Waals surface area (Å²) < 4.78 is 0.705. The molecule has 0 fully saturated rings. The molecule has 90 valence electrons. The van der Waals surface area contributed by atoms with Crippen LogP contribution < -0.4 is 4.90 Å². The maximum absolute atomic E-state index is 9.99. The van der Waals surface area contributed by atoms with Crippen molar-refractivity contribution < 1.29 is 10.2 Å². The molecular formula is C12H13BrN2O2. The van der Waals surface area contributed by atoms with Crippen LogP contribution in [0.2, 0.25) is 0 Å². The van der Waals surface area contributed by atoms with Gasteiger partial charge in [0.25, 0.3) is 0 Å². The highest BCUT2D eigenvalue weighted by Crippen LogP contribution is 2.30. The Morgan fingerprint density at radius 3 is 2.76 bits per heavy atom. The molecule has 5 heteroatoms. The summed E-state index contributed by atoms with van der Waals surface area (Å²) >= 11 is 3.31. The Balaban J connectivity index is 2.47. The van der Waals surface area contributed by atoms with E-state index in [0.717, 1.165) is 16.9 Å². The van der Waals surface area contributed by atoms with E-state index in [4.69, 9.17) is 0 Å². The molecule has 1 atom stereocenters. The van der Waals surface area contributed by atoms with Crippen molar-refractivity contribution in [2.45, 2.75) is 20.1 Å². The third-order valence-corrected chi connectivity index (χ3v) is 3.06. The number of anilines is 1. The van der Waals surface area contributed by atoms with E-state index in [2.05, 4.69) is 20.9 Å². The molecule has 2 N–H and O–H groups in total. The number of nitrogens with zero attached hydrogens (tertiary/aromatic N) is 2. The average Bonchev–Trinajstić information content (AvgIpc) is 2.21. The summed E-state index contributed by atoms with van der Waals surface area (Å²) in [6.45, 7) is 3.76. The molecule has 0 radical (unpaired) electrons. The molecule has 0 aromatic carbocycles. The fourth-order valence-corrected chi connectivity index (χ4v) is 2.17. The summed E-state index contributed by atoms with van der Waals surface area (Å²) in [5.41, 5.74) is 2.59. The molecule has 4 nitrogen and oxygen atoms in total. The zero-order chi connectivity index (χ0) is 12.6. The van der Waals surface area contributed by atoms with E-state index in [9.17, 15) is 10.2 Å². The Labute approximate surface area is 108 Å². The van der Waals surface area contributed by atoms with Crippen LogP contribution in [0.3, 0.4) is 0 Å². The number of halogens is 1. The Morgan fingerprint density at radius 1 is 1.41 bits per heavy atom. The zero-order valence-corrected chi connectivity index (χ0v) is 11.1. The third-order valence-electron chi connectivity index (χ3n) is 2.62. The molecule has 2 heterocycles. The zero-order valence-electron chi connectivity index (χ0n) is 9.55. The van der Waals surface area contributed by atoms with Crippen molar-refractivity contribution >= 4 is 21.6 Å². The topological polar surface area (TPSA) is 56.6 Å². The molecule has 0 bridgehead atoms. The van der Waals surface area contributed by atoms with Crippen LogP contribution >= 0.6 is 15.9 Å². The van der Waals surface area contributed by atoms with E-state index in [1.807, 2.05) is 19.9 Å². The van der Waals surface area contributed by atoms with Gasteiger partial charge in [0.05, 0.1) is 5.69 Å². The molecule has 1 aliphatic rings. The lowest BCUT2D eigenvalue weighted by Gasteiger charge is -2.32. The highest BCUT2D eigenvalue weighted by Gasteiger charge is 2.22. The van der Waals surface area contributed by atoms with Crippen LogP contribution in [-0.2, 0) is 0 Å². The summed E-state index contributed by atoms with van der Waals surface area (Å²) in [4.78, 5) is 5.86. The van der Waals surface area contributed by atoms with Crippen LogP contribution in [0.5, 0.6) is 0 Å². The van der Waals surface area contributed by atoms with E-state index in [0.29, 0.717) is 4.60 Å². The van der Waals surface area contributed by atoms with Crippen LogP contribution in [-0.4, -0.2) is 21.4 Å². The second-order valence-corrected chi connectivity index (χ2v) is 4.77. The minimum absolute atomic E-state index is 0.0806. The van der Waals surface area contributed by atoms with E-state index in [1.165, 1.54) is 6.08 Å². The van der Waals surface area contributed by atoms with Crippen LogP contribution in [0.1, 0.15) is 12.5 Å². The predicted octanol–water partition coefficient (Wildman–Crippen LogP) is 2.64. The normalized spacial score (nSPS) is 20.0. The monoisotopic (exact) mass is 296 g/mol. The molecule has 1 aliphatic heterocycles. The van der Waals surface area contributed by atoms with Gasteiger partial charge in [0.1, 0.15) is 10.4 Å². The fourth-order valence-electron chi connectivity index (χ4n) is 1.85. The van der Waals surface area contributed by atoms with Gasteiger partial charge in [-0.2, -0.15) is 0 Å². The largest absolute Gasteiger partial charge is 0.508 e. The SMILES string of the molecule is CC1=CC(O)=CC(O)N1c1cc(Br)ncc1C. The maximum atomic E-state index is 9.99. The summed E-state index contributed by atoms with van der Waals surface area (Å²) in [6, 6.07) is 1.84. The second kappa shape index (κ2) is 4.50. The van der Waals surface area contributed by atoms with Crippen molar-refractivity contribution in [2.24, 2.45) is 0 Å². The van der Waals surface area contributed by atoms with Crippen molar-refractivity contribution in [3.05, 3.63) is 46.0 Å². The quantitative estimate of drug-likeness (QED) is 0.782. The van der Waals surface area contributed by atoms with Gasteiger partial charge in [0.15, 0.2) is 6.23 Å². The van der Waals surface area contributed by atoms with Gasteiger partial charge in [0, 0.05) is 18.0 Å². The minimum Gasteiger partial charge on any atom is -0.508 e. The second-order valence-electron chi connectivity index (χ2n) is 3.95. The lowest BCUT2D eigenvalue weighted by Crippen LogP contribution is -2.35. The lowest BCUT2D eigenvalue weighted by atomic mass is 10.1. The number of aliphatic hydroxyl groups excluding tert-OH is 2. The van der Waals surface area contributed by atoms with Gasteiger partial charge in [-0.3, -0.25) is 0 Å². The summed E-state index contributed by atoms with van der Waals surface area (Å²) in [6.07, 6.45) is 3.87. The van der Waals surface area contributed by atoms with Gasteiger partial charge in [-0.1, -0.05) is 0 Å². The molecule has 17 heavy (non-hydrogen) atoms. The summed E-state index contributed by atoms with van der Waals surface area (Å²) in [5.74, 6) is 0.0806. The standard InChI is InChI=1S/C12H13BrN2O2/c1-7-6-14-11(13)5-10(7)15-8(2)3-9(16)4-12(15)17/h3-6,12,16-17H,1-2H3. The van der Waals surface area contributed by atoms with Crippen LogP contribution in [0.25, 0.3) is 0 Å². The number of aryl methyl sites for hydroxylation is 1. The van der Waals surface area contributed by atoms with Gasteiger partial charge in [-0.25, -0.2) is 4.98 Å². The fraction of sp³-hybridized carbons (Fsp3) is 0.250. The number of pyridine rings is 1. The van der Waals surface area contributed by atoms with Gasteiger partial charge in [0.2, 0.25) is 0 Å². The molecule has 1 aromatic rings. The Bertz CT molecular complexity index is 511. The molecule has 0 aliphatic carbocycles. The van der Waals surface area contributed by atoms with Gasteiger partial charge in [-0.15, -0.1) is 0 Å². The number of hydrogen-bond acceptors (Lipinski definition) is 4. The van der Waals surface area contributed by atoms with Crippen LogP contribution in [0.4, 0.5) is 5.69 Å². The smallest absolute Gasteiger partial charge is 0.154 e. The Morgan fingerprint density at radius 2 is 2.12 bits per heavy atom. The van der Waals surface area contributed by atoms with Crippen molar-refractivity contribution in [2.75, 3.05) is 4.90 Å². The Kier molecular flexibility index (Phi) is 3.22. The highest BCUT2D eigenvalue weighted by atomic mass is 79.9. The van der Waals surface area contributed by atoms with E-state index < -0.39 is 6.23 Å². The molecule has 0 saturated carbocycles. The number of aliphatic hydroxyl groups is 2. The molecule has 1 aromatic heterocycles. The molecule has 0 amide bonds. The molecule has 2 rings (SSSR count). The molecule has 1 unspecified atom stereocenters. The lowest BCUT2D eigenvalue weighted by molar-refractivity contribution is 0.216. The van der Waals surface area contributed by atoms with Gasteiger partial charge in [-0.05, 0) is 47.5 Å². The molecular weight excluding hydrogens is 284 g/mol. The van der Waals surface area contributed by atoms with Crippen molar-refractivity contribution in [1.29, 1.82) is 0 Å². The van der Waals surface area contributed by atoms with Crippen molar-refractivity contribution in [3.63, 3.8) is 0 Å². The molecule has 0 spiro atoms. The average molecular weight is 297 g/mol. The highest BCUT2D eigenvalue weighted by molar-refractivity contribution is 9.10. The predicted molar refractivity (Wildman–Crippen MR) is 69.6 cm³/mol. The number of aromatic nitrogens is 1. The first-order chi connectivity index (χ1) is 7.99. The van der Waals surface area contributed by atoms with E-state index >= 15 is 0 Å². The first-order valence-corrected chi connectivity index (χ1v) is 5.97. The van der Waals surface area contributed by atoms with Gasteiger partial charge < -0.3 is 15.1 Å². The third kappa shape index (κ3) is 2.35. The number of allylic oxidation sites excluding steroid dienone is 2. The summed E-state index contributed by atoms with van der Waals surface area (Å²) in [5, 5.41) is 19.4. The number of rotatable bonds is 1. The van der Waals surface area contributed by atoms with E-state index in [-0.39, 0.29) is 5.76 Å². The number of hydrogen-bond donors (Lipinski definition) is 2. The van der Waals surface area contributed by atoms with Crippen molar-refractivity contribution in [1.82, 2.24) is 4.98 Å². The maximum Gasteiger partial charge on any atom is 0.154 e. The Hall–Kier alpha value is -1.33. The van der Waals surface area contributed by atoms with Crippen LogP contribution in [0, 0.1) is 6.92 Å². The molecule has 0 saturated heterocycles. The van der Waals surface area contributed by atoms with Crippen LogP contribution in [0.15, 0.2) is 40.5 Å². The first-order valence-electron chi connectivity index (χ1n) is 5.17. The van der Waals surface area contributed by atoms with E-state index in [1.54, 1.807) is 17.2 Å².